The van der Waals surface area contributed by atoms with E-state index < -0.39 is 17.5 Å². The van der Waals surface area contributed by atoms with E-state index in [9.17, 15) is 13.2 Å². The zero-order valence-electron chi connectivity index (χ0n) is 10.9. The predicted octanol–water partition coefficient (Wildman–Crippen LogP) is 3.43. The van der Waals surface area contributed by atoms with Gasteiger partial charge in [-0.1, -0.05) is 0 Å². The highest BCUT2D eigenvalue weighted by molar-refractivity contribution is 7.15. The molecule has 0 saturated carbocycles. The van der Waals surface area contributed by atoms with E-state index in [1.807, 2.05) is 5.38 Å². The molecule has 1 aromatic carbocycles. The molecule has 0 saturated heterocycles. The average Bonchev–Trinajstić information content (AvgIpc) is 3.02. The Morgan fingerprint density at radius 1 is 1.33 bits per heavy atom. The number of hydrogen-bond donors (Lipinski definition) is 1. The maximum absolute atomic E-state index is 13.6. The Morgan fingerprint density at radius 3 is 2.90 bits per heavy atom. The second-order valence-electron chi connectivity index (χ2n) is 4.23. The van der Waals surface area contributed by atoms with Crippen LogP contribution >= 0.6 is 11.3 Å². The highest BCUT2D eigenvalue weighted by Crippen LogP contribution is 2.25. The molecule has 0 fully saturated rings. The molecule has 1 N–H and O–H groups in total. The fourth-order valence-electron chi connectivity index (χ4n) is 2.00. The van der Waals surface area contributed by atoms with E-state index in [1.54, 1.807) is 10.6 Å². The van der Waals surface area contributed by atoms with Crippen LogP contribution in [-0.2, 0) is 6.54 Å². The van der Waals surface area contributed by atoms with Gasteiger partial charge in [-0.05, 0) is 0 Å². The molecule has 2 heterocycles. The van der Waals surface area contributed by atoms with Crippen LogP contribution < -0.4 is 10.1 Å². The number of benzene rings is 1. The number of ether oxygens (including phenoxy) is 1. The number of halogens is 3. The van der Waals surface area contributed by atoms with Crippen molar-refractivity contribution in [2.75, 3.05) is 12.4 Å². The number of fused-ring (bicyclic) bond motifs is 1. The quantitative estimate of drug-likeness (QED) is 0.750. The Kier molecular flexibility index (Phi) is 3.46. The van der Waals surface area contributed by atoms with Gasteiger partial charge < -0.3 is 10.1 Å². The third kappa shape index (κ3) is 2.42. The molecule has 0 radical (unpaired) electrons. The fourth-order valence-corrected chi connectivity index (χ4v) is 2.73. The largest absolute Gasteiger partial charge is 0.480 e. The van der Waals surface area contributed by atoms with Crippen molar-refractivity contribution in [1.82, 2.24) is 9.38 Å². The van der Waals surface area contributed by atoms with E-state index in [2.05, 4.69) is 10.3 Å². The van der Waals surface area contributed by atoms with Crippen LogP contribution in [0.15, 0.2) is 23.7 Å². The molecule has 0 aliphatic heterocycles. The van der Waals surface area contributed by atoms with Gasteiger partial charge in [0.1, 0.15) is 11.5 Å². The van der Waals surface area contributed by atoms with Gasteiger partial charge in [0.2, 0.25) is 5.88 Å². The standard InChI is InChI=1S/C13H10F3N3OS/c1-20-12-10(19-2-3-21-13(19)18-12)6-17-9-5-7(14)4-8(15)11(9)16/h2-5,17H,6H2,1H3. The summed E-state index contributed by atoms with van der Waals surface area (Å²) < 4.78 is 46.8. The van der Waals surface area contributed by atoms with Crippen LogP contribution in [0.5, 0.6) is 5.88 Å². The minimum absolute atomic E-state index is 0.112. The van der Waals surface area contributed by atoms with Crippen LogP contribution in [0, 0.1) is 17.5 Å². The lowest BCUT2D eigenvalue weighted by atomic mass is 10.2. The molecule has 0 unspecified atom stereocenters. The molecular weight excluding hydrogens is 303 g/mol. The Bertz CT molecular complexity index is 799. The van der Waals surface area contributed by atoms with Crippen molar-refractivity contribution in [2.45, 2.75) is 6.54 Å². The van der Waals surface area contributed by atoms with Gasteiger partial charge in [0.15, 0.2) is 16.6 Å². The lowest BCUT2D eigenvalue weighted by molar-refractivity contribution is 0.395. The molecule has 0 amide bonds. The summed E-state index contributed by atoms with van der Waals surface area (Å²) in [7, 11) is 1.47. The molecule has 0 atom stereocenters. The second-order valence-corrected chi connectivity index (χ2v) is 5.10. The minimum atomic E-state index is -1.24. The molecule has 110 valence electrons. The Morgan fingerprint density at radius 2 is 2.14 bits per heavy atom. The Labute approximate surface area is 121 Å². The SMILES string of the molecule is COc1nc2sccn2c1CNc1cc(F)cc(F)c1F. The second kappa shape index (κ2) is 5.28. The zero-order valence-corrected chi connectivity index (χ0v) is 11.7. The number of methoxy groups -OCH3 is 1. The van der Waals surface area contributed by atoms with Crippen molar-refractivity contribution in [3.05, 3.63) is 46.9 Å². The first-order valence-corrected chi connectivity index (χ1v) is 6.85. The van der Waals surface area contributed by atoms with Gasteiger partial charge in [-0.25, -0.2) is 13.2 Å². The van der Waals surface area contributed by atoms with Crippen LogP contribution in [0.4, 0.5) is 18.9 Å². The number of anilines is 1. The molecule has 0 spiro atoms. The van der Waals surface area contributed by atoms with Gasteiger partial charge in [0.25, 0.3) is 0 Å². The van der Waals surface area contributed by atoms with Gasteiger partial charge in [-0.2, -0.15) is 4.98 Å². The first kappa shape index (κ1) is 13.7. The molecular formula is C13H10F3N3OS. The minimum Gasteiger partial charge on any atom is -0.480 e. The van der Waals surface area contributed by atoms with E-state index in [0.717, 1.165) is 11.0 Å². The van der Waals surface area contributed by atoms with E-state index in [1.165, 1.54) is 18.4 Å². The molecule has 21 heavy (non-hydrogen) atoms. The van der Waals surface area contributed by atoms with Crippen molar-refractivity contribution < 1.29 is 17.9 Å². The van der Waals surface area contributed by atoms with Crippen LogP contribution in [0.25, 0.3) is 4.96 Å². The van der Waals surface area contributed by atoms with Crippen molar-refractivity contribution in [2.24, 2.45) is 0 Å². The normalized spacial score (nSPS) is 11.0. The number of rotatable bonds is 4. The van der Waals surface area contributed by atoms with Crippen LogP contribution in [0.3, 0.4) is 0 Å². The summed E-state index contributed by atoms with van der Waals surface area (Å²) in [5.74, 6) is -2.83. The molecule has 3 rings (SSSR count). The van der Waals surface area contributed by atoms with E-state index in [0.29, 0.717) is 17.6 Å². The molecule has 0 aliphatic carbocycles. The summed E-state index contributed by atoms with van der Waals surface area (Å²) in [6.45, 7) is 0.112. The fraction of sp³-hybridized carbons (Fsp3) is 0.154. The summed E-state index contributed by atoms with van der Waals surface area (Å²) in [6, 6.07) is 1.40. The smallest absolute Gasteiger partial charge is 0.238 e. The summed E-state index contributed by atoms with van der Waals surface area (Å²) in [5.41, 5.74) is 0.387. The summed E-state index contributed by atoms with van der Waals surface area (Å²) in [5, 5.41) is 4.50. The first-order chi connectivity index (χ1) is 10.1. The van der Waals surface area contributed by atoms with Crippen molar-refractivity contribution in [3.63, 3.8) is 0 Å². The highest BCUT2D eigenvalue weighted by Gasteiger charge is 2.16. The molecule has 2 aromatic heterocycles. The average molecular weight is 313 g/mol. The number of thiazole rings is 1. The maximum atomic E-state index is 13.6. The molecule has 0 aliphatic rings. The van der Waals surface area contributed by atoms with Crippen LogP contribution in [0.1, 0.15) is 5.69 Å². The number of nitrogens with zero attached hydrogens (tertiary/aromatic N) is 2. The van der Waals surface area contributed by atoms with Gasteiger partial charge >= 0.3 is 0 Å². The van der Waals surface area contributed by atoms with Gasteiger partial charge in [-0.15, -0.1) is 11.3 Å². The molecule has 3 aromatic rings. The monoisotopic (exact) mass is 313 g/mol. The number of aromatic nitrogens is 2. The Hall–Kier alpha value is -2.22. The maximum Gasteiger partial charge on any atom is 0.238 e. The first-order valence-electron chi connectivity index (χ1n) is 5.97. The predicted molar refractivity (Wildman–Crippen MR) is 73.3 cm³/mol. The molecule has 8 heteroatoms. The lowest BCUT2D eigenvalue weighted by Gasteiger charge is -2.09. The summed E-state index contributed by atoms with van der Waals surface area (Å²) in [6.07, 6.45) is 1.79. The molecule has 0 bridgehead atoms. The number of imidazole rings is 1. The topological polar surface area (TPSA) is 38.6 Å². The number of nitrogens with one attached hydrogen (secondary N) is 1. The molecule has 4 nitrogen and oxygen atoms in total. The number of hydrogen-bond acceptors (Lipinski definition) is 4. The third-order valence-electron chi connectivity index (χ3n) is 2.96. The van der Waals surface area contributed by atoms with Crippen molar-refractivity contribution in [3.8, 4) is 5.88 Å². The summed E-state index contributed by atoms with van der Waals surface area (Å²) >= 11 is 1.42. The van der Waals surface area contributed by atoms with Gasteiger partial charge in [0, 0.05) is 23.7 Å². The highest BCUT2D eigenvalue weighted by atomic mass is 32.1. The summed E-state index contributed by atoms with van der Waals surface area (Å²) in [4.78, 5) is 4.96. The lowest BCUT2D eigenvalue weighted by Crippen LogP contribution is -2.06. The van der Waals surface area contributed by atoms with Gasteiger partial charge in [0.05, 0.1) is 19.3 Å². The van der Waals surface area contributed by atoms with Crippen LogP contribution in [-0.4, -0.2) is 16.5 Å². The van der Waals surface area contributed by atoms with Gasteiger partial charge in [-0.3, -0.25) is 4.40 Å². The third-order valence-corrected chi connectivity index (χ3v) is 3.71. The van der Waals surface area contributed by atoms with E-state index in [4.69, 9.17) is 4.74 Å². The zero-order chi connectivity index (χ0) is 15.0. The van der Waals surface area contributed by atoms with E-state index in [-0.39, 0.29) is 12.2 Å². The van der Waals surface area contributed by atoms with E-state index >= 15 is 0 Å². The van der Waals surface area contributed by atoms with Crippen LogP contribution in [0.2, 0.25) is 0 Å². The Balaban J connectivity index is 1.91. The van der Waals surface area contributed by atoms with Crippen molar-refractivity contribution >= 4 is 22.0 Å². The van der Waals surface area contributed by atoms with Crippen molar-refractivity contribution in [1.29, 1.82) is 0 Å².